The molecule has 0 bridgehead atoms. The summed E-state index contributed by atoms with van der Waals surface area (Å²) in [6.45, 7) is 2.86. The van der Waals surface area contributed by atoms with E-state index >= 15 is 0 Å². The number of hydrogen-bond donors (Lipinski definition) is 2. The third-order valence-corrected chi connectivity index (χ3v) is 3.22. The lowest BCUT2D eigenvalue weighted by Gasteiger charge is -2.07. The molecule has 19 heavy (non-hydrogen) atoms. The quantitative estimate of drug-likeness (QED) is 0.567. The molecule has 1 rings (SSSR count). The molecule has 0 aromatic carbocycles. The van der Waals surface area contributed by atoms with Gasteiger partial charge in [0, 0.05) is 6.54 Å². The Balaban J connectivity index is 2.26. The Kier molecular flexibility index (Phi) is 7.26. The van der Waals surface area contributed by atoms with Crippen LogP contribution in [0.25, 0.3) is 0 Å². The topological polar surface area (TPSA) is 68.0 Å². The standard InChI is InChI=1S/C14H22ClN3O/c1-2-3-4-5-6-7-8-17-14(19)12-9-11(16)10-18-13(12)15/h9-10H,2-8,16H2,1H3,(H,17,19). The highest BCUT2D eigenvalue weighted by atomic mass is 35.5. The van der Waals surface area contributed by atoms with Crippen molar-refractivity contribution in [2.24, 2.45) is 0 Å². The minimum Gasteiger partial charge on any atom is -0.397 e. The number of amides is 1. The Hall–Kier alpha value is -1.29. The molecule has 0 saturated heterocycles. The van der Waals surface area contributed by atoms with Gasteiger partial charge in [-0.2, -0.15) is 0 Å². The monoisotopic (exact) mass is 283 g/mol. The highest BCUT2D eigenvalue weighted by molar-refractivity contribution is 6.32. The number of nitrogens with two attached hydrogens (primary N) is 1. The molecule has 4 nitrogen and oxygen atoms in total. The predicted molar refractivity (Wildman–Crippen MR) is 79.4 cm³/mol. The van der Waals surface area contributed by atoms with Gasteiger partial charge in [0.25, 0.3) is 5.91 Å². The number of unbranched alkanes of at least 4 members (excludes halogenated alkanes) is 5. The molecule has 1 aromatic heterocycles. The average molecular weight is 284 g/mol. The van der Waals surface area contributed by atoms with Gasteiger partial charge >= 0.3 is 0 Å². The van der Waals surface area contributed by atoms with Crippen molar-refractivity contribution in [3.8, 4) is 0 Å². The molecule has 1 aromatic rings. The summed E-state index contributed by atoms with van der Waals surface area (Å²) in [6, 6.07) is 1.55. The van der Waals surface area contributed by atoms with Gasteiger partial charge < -0.3 is 11.1 Å². The van der Waals surface area contributed by atoms with Crippen LogP contribution in [0.1, 0.15) is 55.8 Å². The summed E-state index contributed by atoms with van der Waals surface area (Å²) >= 11 is 5.86. The van der Waals surface area contributed by atoms with Gasteiger partial charge in [-0.3, -0.25) is 4.79 Å². The number of anilines is 1. The smallest absolute Gasteiger partial charge is 0.254 e. The molecule has 0 saturated carbocycles. The lowest BCUT2D eigenvalue weighted by atomic mass is 10.1. The number of carbonyl (C=O) groups is 1. The lowest BCUT2D eigenvalue weighted by molar-refractivity contribution is 0.0953. The second-order valence-corrected chi connectivity index (χ2v) is 4.99. The van der Waals surface area contributed by atoms with Gasteiger partial charge in [-0.05, 0) is 12.5 Å². The first-order valence-corrected chi connectivity index (χ1v) is 7.22. The maximum absolute atomic E-state index is 11.9. The van der Waals surface area contributed by atoms with E-state index in [-0.39, 0.29) is 11.1 Å². The summed E-state index contributed by atoms with van der Waals surface area (Å²) in [5.74, 6) is -0.210. The highest BCUT2D eigenvalue weighted by Crippen LogP contribution is 2.15. The van der Waals surface area contributed by atoms with E-state index < -0.39 is 0 Å². The molecule has 0 atom stereocenters. The van der Waals surface area contributed by atoms with Crippen LogP contribution in [-0.2, 0) is 0 Å². The molecule has 0 aliphatic heterocycles. The molecular formula is C14H22ClN3O. The molecule has 106 valence electrons. The van der Waals surface area contributed by atoms with Crippen molar-refractivity contribution in [3.63, 3.8) is 0 Å². The molecule has 1 amide bonds. The molecule has 0 radical (unpaired) electrons. The van der Waals surface area contributed by atoms with Crippen molar-refractivity contribution in [2.75, 3.05) is 12.3 Å². The van der Waals surface area contributed by atoms with Crippen molar-refractivity contribution < 1.29 is 4.79 Å². The minimum atomic E-state index is -0.210. The van der Waals surface area contributed by atoms with Crippen molar-refractivity contribution in [3.05, 3.63) is 23.0 Å². The molecule has 0 aliphatic rings. The van der Waals surface area contributed by atoms with Gasteiger partial charge in [0.15, 0.2) is 0 Å². The van der Waals surface area contributed by atoms with Crippen LogP contribution in [0.15, 0.2) is 12.3 Å². The van der Waals surface area contributed by atoms with Crippen LogP contribution in [0.2, 0.25) is 5.15 Å². The molecule has 0 fully saturated rings. The Morgan fingerprint density at radius 3 is 2.74 bits per heavy atom. The first kappa shape index (κ1) is 15.8. The van der Waals surface area contributed by atoms with Crippen LogP contribution in [0.4, 0.5) is 5.69 Å². The van der Waals surface area contributed by atoms with Crippen molar-refractivity contribution in [2.45, 2.75) is 45.4 Å². The van der Waals surface area contributed by atoms with Gasteiger partial charge in [-0.25, -0.2) is 4.98 Å². The molecule has 1 heterocycles. The van der Waals surface area contributed by atoms with E-state index in [2.05, 4.69) is 17.2 Å². The van der Waals surface area contributed by atoms with E-state index in [0.717, 1.165) is 12.8 Å². The first-order valence-electron chi connectivity index (χ1n) is 6.84. The number of nitrogens with zero attached hydrogens (tertiary/aromatic N) is 1. The van der Waals surface area contributed by atoms with E-state index in [1.807, 2.05) is 0 Å². The van der Waals surface area contributed by atoms with Crippen LogP contribution in [0.3, 0.4) is 0 Å². The normalized spacial score (nSPS) is 10.4. The number of nitrogen functional groups attached to an aromatic ring is 1. The number of halogens is 1. The fourth-order valence-electron chi connectivity index (χ4n) is 1.83. The van der Waals surface area contributed by atoms with E-state index in [4.69, 9.17) is 17.3 Å². The van der Waals surface area contributed by atoms with Crippen molar-refractivity contribution in [1.29, 1.82) is 0 Å². The minimum absolute atomic E-state index is 0.189. The van der Waals surface area contributed by atoms with Crippen LogP contribution >= 0.6 is 11.6 Å². The van der Waals surface area contributed by atoms with E-state index in [9.17, 15) is 4.79 Å². The third-order valence-electron chi connectivity index (χ3n) is 2.92. The van der Waals surface area contributed by atoms with Crippen molar-refractivity contribution in [1.82, 2.24) is 10.3 Å². The second kappa shape index (κ2) is 8.75. The average Bonchev–Trinajstić information content (AvgIpc) is 2.40. The predicted octanol–water partition coefficient (Wildman–Crippen LogP) is 3.41. The largest absolute Gasteiger partial charge is 0.397 e. The summed E-state index contributed by atoms with van der Waals surface area (Å²) in [5.41, 5.74) is 6.37. The number of aromatic nitrogens is 1. The summed E-state index contributed by atoms with van der Waals surface area (Å²) in [4.78, 5) is 15.7. The molecule has 0 unspecified atom stereocenters. The maximum atomic E-state index is 11.9. The zero-order valence-corrected chi connectivity index (χ0v) is 12.2. The lowest BCUT2D eigenvalue weighted by Crippen LogP contribution is -2.25. The number of carbonyl (C=O) groups excluding carboxylic acids is 1. The number of hydrogen-bond acceptors (Lipinski definition) is 3. The number of nitrogens with one attached hydrogen (secondary N) is 1. The van der Waals surface area contributed by atoms with E-state index in [1.165, 1.54) is 31.9 Å². The molecular weight excluding hydrogens is 262 g/mol. The fourth-order valence-corrected chi connectivity index (χ4v) is 2.02. The van der Waals surface area contributed by atoms with E-state index in [0.29, 0.717) is 17.8 Å². The van der Waals surface area contributed by atoms with Gasteiger partial charge in [0.2, 0.25) is 0 Å². The summed E-state index contributed by atoms with van der Waals surface area (Å²) < 4.78 is 0. The molecule has 5 heteroatoms. The summed E-state index contributed by atoms with van der Waals surface area (Å²) in [5, 5.41) is 3.03. The SMILES string of the molecule is CCCCCCCCNC(=O)c1cc(N)cnc1Cl. The molecule has 3 N–H and O–H groups in total. The van der Waals surface area contributed by atoms with Crippen LogP contribution < -0.4 is 11.1 Å². The molecule has 0 spiro atoms. The number of rotatable bonds is 8. The summed E-state index contributed by atoms with van der Waals surface area (Å²) in [7, 11) is 0. The van der Waals surface area contributed by atoms with Gasteiger partial charge in [-0.1, -0.05) is 50.6 Å². The highest BCUT2D eigenvalue weighted by Gasteiger charge is 2.10. The second-order valence-electron chi connectivity index (χ2n) is 4.63. The Morgan fingerprint density at radius 1 is 1.32 bits per heavy atom. The Labute approximate surface area is 119 Å². The van der Waals surface area contributed by atoms with Crippen LogP contribution in [-0.4, -0.2) is 17.4 Å². The first-order chi connectivity index (χ1) is 9.15. The molecule has 0 aliphatic carbocycles. The van der Waals surface area contributed by atoms with Gasteiger partial charge in [0.05, 0.1) is 17.4 Å². The maximum Gasteiger partial charge on any atom is 0.254 e. The van der Waals surface area contributed by atoms with E-state index in [1.54, 1.807) is 6.07 Å². The Bertz CT molecular complexity index is 410. The summed E-state index contributed by atoms with van der Waals surface area (Å²) in [6.07, 6.45) is 8.60. The Morgan fingerprint density at radius 2 is 2.00 bits per heavy atom. The van der Waals surface area contributed by atoms with Crippen molar-refractivity contribution >= 4 is 23.2 Å². The zero-order valence-electron chi connectivity index (χ0n) is 11.4. The van der Waals surface area contributed by atoms with Gasteiger partial charge in [-0.15, -0.1) is 0 Å². The number of pyridine rings is 1. The zero-order chi connectivity index (χ0) is 14.1. The van der Waals surface area contributed by atoms with Crippen LogP contribution in [0.5, 0.6) is 0 Å². The van der Waals surface area contributed by atoms with Crippen LogP contribution in [0, 0.1) is 0 Å². The third kappa shape index (κ3) is 5.92. The van der Waals surface area contributed by atoms with Gasteiger partial charge in [0.1, 0.15) is 5.15 Å². The fraction of sp³-hybridized carbons (Fsp3) is 0.571.